The third-order valence-corrected chi connectivity index (χ3v) is 3.21. The van der Waals surface area contributed by atoms with E-state index in [0.29, 0.717) is 13.0 Å². The van der Waals surface area contributed by atoms with Gasteiger partial charge >= 0.3 is 5.97 Å². The molecule has 0 radical (unpaired) electrons. The summed E-state index contributed by atoms with van der Waals surface area (Å²) in [6.07, 6.45) is 2.49. The van der Waals surface area contributed by atoms with E-state index < -0.39 is 11.4 Å². The number of aryl methyl sites for hydroxylation is 1. The number of anilines is 1. The molecule has 2 rings (SSSR count). The maximum atomic E-state index is 11.1. The number of pyridine rings is 1. The molecule has 0 spiro atoms. The second-order valence-corrected chi connectivity index (χ2v) is 4.73. The second-order valence-electron chi connectivity index (χ2n) is 4.73. The molecule has 1 aliphatic heterocycles. The molecule has 86 valence electrons. The van der Waals surface area contributed by atoms with Crippen LogP contribution in [0.2, 0.25) is 0 Å². The van der Waals surface area contributed by atoms with E-state index in [1.54, 1.807) is 6.92 Å². The number of aromatic nitrogens is 1. The Hall–Kier alpha value is -1.58. The average molecular weight is 220 g/mol. The molecular weight excluding hydrogens is 204 g/mol. The molecule has 0 amide bonds. The molecule has 2 heterocycles. The molecular formula is C12H16N2O2. The minimum Gasteiger partial charge on any atom is -0.481 e. The fraction of sp³-hybridized carbons (Fsp3) is 0.500. The Bertz CT molecular complexity index is 402. The number of carbonyl (C=O) groups is 1. The van der Waals surface area contributed by atoms with Crippen LogP contribution in [-0.4, -0.2) is 29.1 Å². The first-order chi connectivity index (χ1) is 7.51. The topological polar surface area (TPSA) is 53.4 Å². The van der Waals surface area contributed by atoms with Crippen LogP contribution >= 0.6 is 0 Å². The molecule has 1 atom stereocenters. The van der Waals surface area contributed by atoms with Crippen molar-refractivity contribution < 1.29 is 9.90 Å². The van der Waals surface area contributed by atoms with Gasteiger partial charge in [-0.2, -0.15) is 0 Å². The van der Waals surface area contributed by atoms with E-state index in [-0.39, 0.29) is 0 Å². The molecule has 0 bridgehead atoms. The van der Waals surface area contributed by atoms with Gasteiger partial charge < -0.3 is 10.0 Å². The first kappa shape index (κ1) is 10.9. The van der Waals surface area contributed by atoms with Gasteiger partial charge in [-0.15, -0.1) is 0 Å². The molecule has 4 heteroatoms. The first-order valence-corrected chi connectivity index (χ1v) is 5.42. The van der Waals surface area contributed by atoms with Crippen LogP contribution in [0.3, 0.4) is 0 Å². The number of carboxylic acid groups (broad SMARTS) is 1. The number of hydrogen-bond donors (Lipinski definition) is 1. The Balaban J connectivity index is 2.15. The largest absolute Gasteiger partial charge is 0.481 e. The van der Waals surface area contributed by atoms with Gasteiger partial charge in [0.05, 0.1) is 5.41 Å². The minimum atomic E-state index is -0.720. The van der Waals surface area contributed by atoms with Crippen LogP contribution in [0.15, 0.2) is 18.3 Å². The molecule has 4 nitrogen and oxygen atoms in total. The number of hydrogen-bond acceptors (Lipinski definition) is 3. The quantitative estimate of drug-likeness (QED) is 0.824. The smallest absolute Gasteiger partial charge is 0.311 e. The van der Waals surface area contributed by atoms with Crippen molar-refractivity contribution >= 4 is 11.8 Å². The molecule has 1 aliphatic rings. The zero-order valence-electron chi connectivity index (χ0n) is 9.60. The summed E-state index contributed by atoms with van der Waals surface area (Å²) >= 11 is 0. The lowest BCUT2D eigenvalue weighted by Crippen LogP contribution is -2.31. The van der Waals surface area contributed by atoms with Crippen molar-refractivity contribution in [3.63, 3.8) is 0 Å². The molecule has 16 heavy (non-hydrogen) atoms. The van der Waals surface area contributed by atoms with Gasteiger partial charge in [-0.05, 0) is 31.9 Å². The Morgan fingerprint density at radius 3 is 2.81 bits per heavy atom. The van der Waals surface area contributed by atoms with Gasteiger partial charge in [0.1, 0.15) is 5.82 Å². The maximum absolute atomic E-state index is 11.1. The van der Waals surface area contributed by atoms with Crippen molar-refractivity contribution in [1.29, 1.82) is 0 Å². The SMILES string of the molecule is Cc1ccc(N2CCC(C)(C(=O)O)C2)nc1. The summed E-state index contributed by atoms with van der Waals surface area (Å²) in [6.45, 7) is 5.09. The molecule has 1 unspecified atom stereocenters. The predicted octanol–water partition coefficient (Wildman–Crippen LogP) is 1.69. The summed E-state index contributed by atoms with van der Waals surface area (Å²) in [5.74, 6) is 0.151. The lowest BCUT2D eigenvalue weighted by Gasteiger charge is -2.20. The maximum Gasteiger partial charge on any atom is 0.311 e. The van der Waals surface area contributed by atoms with Gasteiger partial charge in [0, 0.05) is 19.3 Å². The molecule has 1 aromatic heterocycles. The Kier molecular flexibility index (Phi) is 2.58. The van der Waals surface area contributed by atoms with Gasteiger partial charge in [0.2, 0.25) is 0 Å². The van der Waals surface area contributed by atoms with Gasteiger partial charge in [-0.25, -0.2) is 4.98 Å². The normalized spacial score (nSPS) is 24.8. The van der Waals surface area contributed by atoms with Crippen LogP contribution in [0.5, 0.6) is 0 Å². The van der Waals surface area contributed by atoms with E-state index in [1.807, 2.05) is 30.2 Å². The standard InChI is InChI=1S/C12H16N2O2/c1-9-3-4-10(13-7-9)14-6-5-12(2,8-14)11(15)16/h3-4,7H,5-6,8H2,1-2H3,(H,15,16). The number of nitrogens with zero attached hydrogens (tertiary/aromatic N) is 2. The number of aliphatic carboxylic acids is 1. The van der Waals surface area contributed by atoms with Crippen LogP contribution in [0.1, 0.15) is 18.9 Å². The molecule has 0 saturated carbocycles. The zero-order chi connectivity index (χ0) is 11.8. The van der Waals surface area contributed by atoms with E-state index in [0.717, 1.165) is 17.9 Å². The van der Waals surface area contributed by atoms with Crippen molar-refractivity contribution in [1.82, 2.24) is 4.98 Å². The summed E-state index contributed by atoms with van der Waals surface area (Å²) in [7, 11) is 0. The van der Waals surface area contributed by atoms with Gasteiger partial charge in [-0.1, -0.05) is 6.07 Å². The van der Waals surface area contributed by atoms with E-state index >= 15 is 0 Å². The highest BCUT2D eigenvalue weighted by molar-refractivity contribution is 5.76. The van der Waals surface area contributed by atoms with Gasteiger partial charge in [-0.3, -0.25) is 4.79 Å². The highest BCUT2D eigenvalue weighted by Crippen LogP contribution is 2.32. The van der Waals surface area contributed by atoms with E-state index in [4.69, 9.17) is 5.11 Å². The lowest BCUT2D eigenvalue weighted by atomic mass is 9.90. The van der Waals surface area contributed by atoms with Crippen LogP contribution < -0.4 is 4.90 Å². The summed E-state index contributed by atoms with van der Waals surface area (Å²) in [6, 6.07) is 3.95. The van der Waals surface area contributed by atoms with E-state index in [9.17, 15) is 4.79 Å². The van der Waals surface area contributed by atoms with E-state index in [2.05, 4.69) is 4.98 Å². The highest BCUT2D eigenvalue weighted by atomic mass is 16.4. The highest BCUT2D eigenvalue weighted by Gasteiger charge is 2.40. The van der Waals surface area contributed by atoms with Crippen molar-refractivity contribution in [2.24, 2.45) is 5.41 Å². The van der Waals surface area contributed by atoms with Crippen molar-refractivity contribution in [3.05, 3.63) is 23.9 Å². The fourth-order valence-electron chi connectivity index (χ4n) is 1.98. The molecule has 1 aromatic rings. The van der Waals surface area contributed by atoms with Crippen molar-refractivity contribution in [3.8, 4) is 0 Å². The van der Waals surface area contributed by atoms with Gasteiger partial charge in [0.25, 0.3) is 0 Å². The Labute approximate surface area is 94.9 Å². The predicted molar refractivity (Wildman–Crippen MR) is 61.5 cm³/mol. The van der Waals surface area contributed by atoms with Crippen molar-refractivity contribution in [2.75, 3.05) is 18.0 Å². The third kappa shape index (κ3) is 1.87. The first-order valence-electron chi connectivity index (χ1n) is 5.42. The van der Waals surface area contributed by atoms with Crippen molar-refractivity contribution in [2.45, 2.75) is 20.3 Å². The zero-order valence-corrected chi connectivity index (χ0v) is 9.60. The summed E-state index contributed by atoms with van der Waals surface area (Å²) < 4.78 is 0. The molecule has 1 N–H and O–H groups in total. The van der Waals surface area contributed by atoms with Crippen LogP contribution in [0.4, 0.5) is 5.82 Å². The summed E-state index contributed by atoms with van der Waals surface area (Å²) in [4.78, 5) is 17.5. The monoisotopic (exact) mass is 220 g/mol. The third-order valence-electron chi connectivity index (χ3n) is 3.21. The number of carboxylic acids is 1. The average Bonchev–Trinajstić information content (AvgIpc) is 2.63. The van der Waals surface area contributed by atoms with Gasteiger partial charge in [0.15, 0.2) is 0 Å². The lowest BCUT2D eigenvalue weighted by molar-refractivity contribution is -0.146. The molecule has 1 fully saturated rings. The number of rotatable bonds is 2. The Morgan fingerprint density at radius 1 is 1.56 bits per heavy atom. The molecule has 1 saturated heterocycles. The van der Waals surface area contributed by atoms with E-state index in [1.165, 1.54) is 0 Å². The molecule has 0 aliphatic carbocycles. The fourth-order valence-corrected chi connectivity index (χ4v) is 1.98. The van der Waals surface area contributed by atoms with Crippen LogP contribution in [0.25, 0.3) is 0 Å². The molecule has 0 aromatic carbocycles. The Morgan fingerprint density at radius 2 is 2.31 bits per heavy atom. The summed E-state index contributed by atoms with van der Waals surface area (Å²) in [5, 5.41) is 9.13. The van der Waals surface area contributed by atoms with Crippen LogP contribution in [0, 0.1) is 12.3 Å². The van der Waals surface area contributed by atoms with Crippen LogP contribution in [-0.2, 0) is 4.79 Å². The summed E-state index contributed by atoms with van der Waals surface area (Å²) in [5.41, 5.74) is 0.482. The minimum absolute atomic E-state index is 0.540. The second kappa shape index (κ2) is 3.77.